The Morgan fingerprint density at radius 3 is 1.55 bits per heavy atom. The zero-order valence-electron chi connectivity index (χ0n) is 18.9. The Labute approximate surface area is 189 Å². The first kappa shape index (κ1) is 25.6. The van der Waals surface area contributed by atoms with Gasteiger partial charge in [0.2, 0.25) is 0 Å². The van der Waals surface area contributed by atoms with E-state index < -0.39 is 15.8 Å². The summed E-state index contributed by atoms with van der Waals surface area (Å²) in [4.78, 5) is 0. The molecule has 0 aliphatic rings. The van der Waals surface area contributed by atoms with Gasteiger partial charge < -0.3 is 0 Å². The predicted molar refractivity (Wildman–Crippen MR) is 130 cm³/mol. The van der Waals surface area contributed by atoms with Gasteiger partial charge in [-0.3, -0.25) is 4.55 Å². The van der Waals surface area contributed by atoms with Gasteiger partial charge in [-0.15, -0.1) is 0 Å². The molecular formula is C26H39NO3S. The van der Waals surface area contributed by atoms with Crippen molar-refractivity contribution in [1.82, 2.24) is 4.72 Å². The van der Waals surface area contributed by atoms with Crippen LogP contribution in [0, 0.1) is 0 Å². The van der Waals surface area contributed by atoms with Gasteiger partial charge in [0.15, 0.2) is 0 Å². The highest BCUT2D eigenvalue weighted by Gasteiger charge is 2.34. The molecule has 0 bridgehead atoms. The van der Waals surface area contributed by atoms with Crippen LogP contribution in [0.5, 0.6) is 0 Å². The lowest BCUT2D eigenvalue weighted by atomic mass is 9.81. The van der Waals surface area contributed by atoms with Crippen molar-refractivity contribution < 1.29 is 13.0 Å². The lowest BCUT2D eigenvalue weighted by Gasteiger charge is -2.34. The molecule has 0 saturated heterocycles. The molecule has 0 unspecified atom stereocenters. The minimum Gasteiger partial charge on any atom is -0.273 e. The third kappa shape index (κ3) is 10.9. The maximum Gasteiger partial charge on any atom is 0.333 e. The molecule has 2 aromatic rings. The molecule has 5 heteroatoms. The summed E-state index contributed by atoms with van der Waals surface area (Å²) in [5.74, 6) is 0. The van der Waals surface area contributed by atoms with E-state index >= 15 is 0 Å². The van der Waals surface area contributed by atoms with E-state index in [4.69, 9.17) is 0 Å². The minimum absolute atomic E-state index is 0.541. The molecule has 0 fully saturated rings. The van der Waals surface area contributed by atoms with Gasteiger partial charge >= 0.3 is 10.3 Å². The minimum atomic E-state index is -4.33. The summed E-state index contributed by atoms with van der Waals surface area (Å²) < 4.78 is 36.2. The molecule has 31 heavy (non-hydrogen) atoms. The van der Waals surface area contributed by atoms with E-state index in [1.54, 1.807) is 0 Å². The molecule has 0 spiro atoms. The van der Waals surface area contributed by atoms with Gasteiger partial charge in [0.1, 0.15) is 0 Å². The molecule has 2 rings (SSSR count). The first-order valence-corrected chi connectivity index (χ1v) is 13.2. The largest absolute Gasteiger partial charge is 0.333 e. The molecule has 0 aliphatic heterocycles. The molecular weight excluding hydrogens is 406 g/mol. The topological polar surface area (TPSA) is 66.4 Å². The highest BCUT2D eigenvalue weighted by Crippen LogP contribution is 2.27. The standard InChI is InChI=1S/C26H39NO3S/c1-2-3-4-5-6-7-8-9-16-21-26(27-31(28,29)30,22-24-17-12-10-13-18-24)23-25-19-14-11-15-20-25/h10-15,17-20,27H,2-9,16,21-23H2,1H3,(H,28,29,30). The summed E-state index contributed by atoms with van der Waals surface area (Å²) in [7, 11) is -4.33. The van der Waals surface area contributed by atoms with E-state index in [9.17, 15) is 13.0 Å². The van der Waals surface area contributed by atoms with Crippen LogP contribution in [0.2, 0.25) is 0 Å². The average Bonchev–Trinajstić information content (AvgIpc) is 2.73. The van der Waals surface area contributed by atoms with Gasteiger partial charge in [0.05, 0.1) is 0 Å². The summed E-state index contributed by atoms with van der Waals surface area (Å²) in [6.07, 6.45) is 12.7. The van der Waals surface area contributed by atoms with Crippen LogP contribution in [-0.2, 0) is 23.1 Å². The van der Waals surface area contributed by atoms with Gasteiger partial charge in [0, 0.05) is 5.54 Å². The maximum absolute atomic E-state index is 11.9. The Hall–Kier alpha value is -1.69. The van der Waals surface area contributed by atoms with Crippen LogP contribution in [0.4, 0.5) is 0 Å². The van der Waals surface area contributed by atoms with Crippen molar-refractivity contribution >= 4 is 10.3 Å². The van der Waals surface area contributed by atoms with Crippen LogP contribution in [0.25, 0.3) is 0 Å². The second-order valence-corrected chi connectivity index (χ2v) is 9.91. The van der Waals surface area contributed by atoms with E-state index in [0.717, 1.165) is 24.0 Å². The quantitative estimate of drug-likeness (QED) is 0.228. The van der Waals surface area contributed by atoms with Crippen LogP contribution >= 0.6 is 0 Å². The molecule has 0 aromatic heterocycles. The highest BCUT2D eigenvalue weighted by atomic mass is 32.2. The third-order valence-corrected chi connectivity index (χ3v) is 6.57. The fraction of sp³-hybridized carbons (Fsp3) is 0.538. The summed E-state index contributed by atoms with van der Waals surface area (Å²) in [6, 6.07) is 19.8. The lowest BCUT2D eigenvalue weighted by molar-refractivity contribution is 0.316. The molecule has 0 aliphatic carbocycles. The van der Waals surface area contributed by atoms with E-state index in [1.165, 1.54) is 44.9 Å². The van der Waals surface area contributed by atoms with Gasteiger partial charge in [-0.05, 0) is 30.4 Å². The van der Waals surface area contributed by atoms with Crippen molar-refractivity contribution in [3.8, 4) is 0 Å². The van der Waals surface area contributed by atoms with Crippen molar-refractivity contribution in [3.63, 3.8) is 0 Å². The molecule has 2 N–H and O–H groups in total. The van der Waals surface area contributed by atoms with Crippen LogP contribution in [0.1, 0.15) is 82.3 Å². The summed E-state index contributed by atoms with van der Waals surface area (Å²) in [5, 5.41) is 0. The van der Waals surface area contributed by atoms with Crippen molar-refractivity contribution in [1.29, 1.82) is 0 Å². The fourth-order valence-electron chi connectivity index (χ4n) is 4.38. The summed E-state index contributed by atoms with van der Waals surface area (Å²) in [5.41, 5.74) is 1.37. The maximum atomic E-state index is 11.9. The molecule has 4 nitrogen and oxygen atoms in total. The first-order valence-electron chi connectivity index (χ1n) is 11.8. The first-order chi connectivity index (χ1) is 14.9. The predicted octanol–water partition coefficient (Wildman–Crippen LogP) is 6.52. The van der Waals surface area contributed by atoms with Crippen LogP contribution in [0.3, 0.4) is 0 Å². The van der Waals surface area contributed by atoms with Crippen molar-refractivity contribution in [2.75, 3.05) is 0 Å². The van der Waals surface area contributed by atoms with E-state index in [0.29, 0.717) is 19.3 Å². The number of benzene rings is 2. The van der Waals surface area contributed by atoms with Crippen molar-refractivity contribution in [3.05, 3.63) is 71.8 Å². The molecule has 0 heterocycles. The fourth-order valence-corrected chi connectivity index (χ4v) is 5.18. The monoisotopic (exact) mass is 445 g/mol. The Morgan fingerprint density at radius 1 is 0.710 bits per heavy atom. The number of nitrogens with one attached hydrogen (secondary N) is 1. The lowest BCUT2D eigenvalue weighted by Crippen LogP contribution is -2.51. The van der Waals surface area contributed by atoms with Crippen molar-refractivity contribution in [2.24, 2.45) is 0 Å². The average molecular weight is 446 g/mol. The SMILES string of the molecule is CCCCCCCCCCCC(Cc1ccccc1)(Cc1ccccc1)NS(=O)(=O)O. The molecule has 0 atom stereocenters. The summed E-state index contributed by atoms with van der Waals surface area (Å²) in [6.45, 7) is 2.23. The van der Waals surface area contributed by atoms with Gasteiger partial charge in [-0.25, -0.2) is 0 Å². The highest BCUT2D eigenvalue weighted by molar-refractivity contribution is 7.83. The molecule has 0 amide bonds. The Bertz CT molecular complexity index is 781. The number of hydrogen-bond acceptors (Lipinski definition) is 2. The van der Waals surface area contributed by atoms with E-state index in [1.807, 2.05) is 60.7 Å². The van der Waals surface area contributed by atoms with Crippen LogP contribution in [-0.4, -0.2) is 18.5 Å². The summed E-state index contributed by atoms with van der Waals surface area (Å²) >= 11 is 0. The Kier molecular flexibility index (Phi) is 11.3. The Balaban J connectivity index is 2.05. The normalized spacial score (nSPS) is 12.2. The van der Waals surface area contributed by atoms with E-state index in [2.05, 4.69) is 11.6 Å². The third-order valence-electron chi connectivity index (χ3n) is 5.88. The van der Waals surface area contributed by atoms with Gasteiger partial charge in [-0.2, -0.15) is 13.1 Å². The van der Waals surface area contributed by atoms with Crippen LogP contribution in [0.15, 0.2) is 60.7 Å². The second-order valence-electron chi connectivity index (χ2n) is 8.76. The molecule has 0 saturated carbocycles. The number of hydrogen-bond donors (Lipinski definition) is 2. The molecule has 0 radical (unpaired) electrons. The smallest absolute Gasteiger partial charge is 0.273 e. The number of rotatable bonds is 16. The molecule has 172 valence electrons. The number of unbranched alkanes of at least 4 members (excludes halogenated alkanes) is 8. The second kappa shape index (κ2) is 13.7. The van der Waals surface area contributed by atoms with Crippen molar-refractivity contribution in [2.45, 2.75) is 89.5 Å². The molecule has 2 aromatic carbocycles. The Morgan fingerprint density at radius 2 is 1.13 bits per heavy atom. The van der Waals surface area contributed by atoms with Gasteiger partial charge in [0.25, 0.3) is 0 Å². The van der Waals surface area contributed by atoms with E-state index in [-0.39, 0.29) is 0 Å². The van der Waals surface area contributed by atoms with Gasteiger partial charge in [-0.1, -0.05) is 125 Å². The zero-order valence-corrected chi connectivity index (χ0v) is 19.7. The zero-order chi connectivity index (χ0) is 22.4. The van der Waals surface area contributed by atoms with Crippen LogP contribution < -0.4 is 4.72 Å².